The second kappa shape index (κ2) is 8.28. The summed E-state index contributed by atoms with van der Waals surface area (Å²) in [5, 5.41) is 0. The maximum Gasteiger partial charge on any atom is 0.253 e. The monoisotopic (exact) mass is 416 g/mol. The number of hydrogen-bond donors (Lipinski definition) is 0. The summed E-state index contributed by atoms with van der Waals surface area (Å²) >= 11 is 0. The lowest BCUT2D eigenvalue weighted by Crippen LogP contribution is -2.42. The van der Waals surface area contributed by atoms with Crippen LogP contribution >= 0.6 is 0 Å². The molecule has 3 heterocycles. The Balaban J connectivity index is 1.42. The Kier molecular flexibility index (Phi) is 5.74. The third-order valence-corrected chi connectivity index (χ3v) is 8.18. The zero-order chi connectivity index (χ0) is 20.4. The molecule has 0 radical (unpaired) electrons. The molecule has 156 valence electrons. The zero-order valence-corrected chi connectivity index (χ0v) is 17.6. The van der Waals surface area contributed by atoms with E-state index < -0.39 is 10.0 Å². The van der Waals surface area contributed by atoms with E-state index in [0.717, 1.165) is 32.1 Å². The van der Waals surface area contributed by atoms with Gasteiger partial charge in [0.2, 0.25) is 10.0 Å². The predicted octanol–water partition coefficient (Wildman–Crippen LogP) is 2.92. The van der Waals surface area contributed by atoms with E-state index in [1.54, 1.807) is 34.8 Å². The van der Waals surface area contributed by atoms with Crippen molar-refractivity contribution < 1.29 is 13.2 Å². The molecule has 1 aromatic heterocycles. The summed E-state index contributed by atoms with van der Waals surface area (Å²) in [5.74, 6) is -0.0376. The molecule has 4 rings (SSSR count). The van der Waals surface area contributed by atoms with Gasteiger partial charge in [0.25, 0.3) is 5.91 Å². The Morgan fingerprint density at radius 3 is 2.38 bits per heavy atom. The van der Waals surface area contributed by atoms with E-state index >= 15 is 0 Å². The van der Waals surface area contributed by atoms with Gasteiger partial charge in [0.05, 0.1) is 11.2 Å². The number of benzene rings is 1. The number of likely N-dealkylation sites (tertiary alicyclic amines) is 1. The Morgan fingerprint density at radius 1 is 1.03 bits per heavy atom. The molecule has 2 saturated heterocycles. The standard InChI is InChI=1S/C21H28N4O3S/c1-17-4-2-3-12-25(17)29(27,28)20-7-5-18(6-8-20)21(26)23-13-9-19(10-14-23)24-15-11-22-16-24/h5-8,11,15-17,19H,2-4,9-10,12-14H2,1H3. The van der Waals surface area contributed by atoms with Crippen molar-refractivity contribution in [3.05, 3.63) is 48.5 Å². The molecule has 2 aromatic rings. The maximum atomic E-state index is 13.0. The van der Waals surface area contributed by atoms with Crippen LogP contribution < -0.4 is 0 Å². The molecule has 0 spiro atoms. The van der Waals surface area contributed by atoms with E-state index in [1.807, 2.05) is 24.3 Å². The molecule has 1 amide bonds. The average molecular weight is 417 g/mol. The number of nitrogens with zero attached hydrogens (tertiary/aromatic N) is 4. The molecule has 1 atom stereocenters. The van der Waals surface area contributed by atoms with Gasteiger partial charge in [-0.05, 0) is 56.9 Å². The van der Waals surface area contributed by atoms with Crippen LogP contribution in [0.25, 0.3) is 0 Å². The van der Waals surface area contributed by atoms with Gasteiger partial charge >= 0.3 is 0 Å². The van der Waals surface area contributed by atoms with Gasteiger partial charge in [0.15, 0.2) is 0 Å². The molecule has 1 aromatic carbocycles. The molecule has 2 aliphatic heterocycles. The molecule has 0 saturated carbocycles. The Hall–Kier alpha value is -2.19. The molecule has 1 unspecified atom stereocenters. The van der Waals surface area contributed by atoms with E-state index in [2.05, 4.69) is 9.55 Å². The van der Waals surface area contributed by atoms with Crippen LogP contribution in [0.5, 0.6) is 0 Å². The first kappa shape index (κ1) is 20.1. The Labute approximate surface area is 172 Å². The molecule has 2 fully saturated rings. The molecular weight excluding hydrogens is 388 g/mol. The molecule has 8 heteroatoms. The van der Waals surface area contributed by atoms with Crippen molar-refractivity contribution in [2.24, 2.45) is 0 Å². The largest absolute Gasteiger partial charge is 0.338 e. The minimum Gasteiger partial charge on any atom is -0.338 e. The van der Waals surface area contributed by atoms with Gasteiger partial charge in [-0.1, -0.05) is 6.42 Å². The average Bonchev–Trinajstić information content (AvgIpc) is 3.28. The summed E-state index contributed by atoms with van der Waals surface area (Å²) in [6.45, 7) is 3.90. The van der Waals surface area contributed by atoms with Gasteiger partial charge in [-0.15, -0.1) is 0 Å². The van der Waals surface area contributed by atoms with Crippen molar-refractivity contribution in [2.45, 2.75) is 56.0 Å². The highest BCUT2D eigenvalue weighted by molar-refractivity contribution is 7.89. The van der Waals surface area contributed by atoms with E-state index in [-0.39, 0.29) is 16.8 Å². The van der Waals surface area contributed by atoms with Gasteiger partial charge in [-0.3, -0.25) is 4.79 Å². The second-order valence-electron chi connectivity index (χ2n) is 8.02. The zero-order valence-electron chi connectivity index (χ0n) is 16.8. The summed E-state index contributed by atoms with van der Waals surface area (Å²) in [5.41, 5.74) is 0.539. The fourth-order valence-electron chi connectivity index (χ4n) is 4.37. The van der Waals surface area contributed by atoms with Gasteiger partial charge < -0.3 is 9.47 Å². The Morgan fingerprint density at radius 2 is 1.76 bits per heavy atom. The van der Waals surface area contributed by atoms with Gasteiger partial charge in [0, 0.05) is 49.7 Å². The number of imidazole rings is 1. The van der Waals surface area contributed by atoms with Crippen molar-refractivity contribution in [3.8, 4) is 0 Å². The number of hydrogen-bond acceptors (Lipinski definition) is 4. The van der Waals surface area contributed by atoms with E-state index in [1.165, 1.54) is 0 Å². The number of sulfonamides is 1. The predicted molar refractivity (Wildman–Crippen MR) is 110 cm³/mol. The van der Waals surface area contributed by atoms with E-state index in [0.29, 0.717) is 31.2 Å². The molecule has 0 bridgehead atoms. The summed E-state index contributed by atoms with van der Waals surface area (Å²) in [6.07, 6.45) is 10.2. The van der Waals surface area contributed by atoms with E-state index in [4.69, 9.17) is 0 Å². The minimum atomic E-state index is -3.51. The first-order chi connectivity index (χ1) is 14.0. The first-order valence-electron chi connectivity index (χ1n) is 10.4. The number of aromatic nitrogens is 2. The Bertz CT molecular complexity index is 933. The van der Waals surface area contributed by atoms with Crippen LogP contribution in [0.1, 0.15) is 55.4 Å². The fourth-order valence-corrected chi connectivity index (χ4v) is 6.07. The lowest BCUT2D eigenvalue weighted by Gasteiger charge is -2.33. The number of carbonyl (C=O) groups excluding carboxylic acids is 1. The van der Waals surface area contributed by atoms with Crippen LogP contribution in [0.2, 0.25) is 0 Å². The smallest absolute Gasteiger partial charge is 0.253 e. The molecule has 29 heavy (non-hydrogen) atoms. The van der Waals surface area contributed by atoms with Crippen LogP contribution in [0.15, 0.2) is 47.9 Å². The number of rotatable bonds is 4. The van der Waals surface area contributed by atoms with Crippen LogP contribution in [0, 0.1) is 0 Å². The van der Waals surface area contributed by atoms with Crippen molar-refractivity contribution in [2.75, 3.05) is 19.6 Å². The first-order valence-corrected chi connectivity index (χ1v) is 11.8. The maximum absolute atomic E-state index is 13.0. The van der Waals surface area contributed by atoms with Crippen LogP contribution in [0.4, 0.5) is 0 Å². The second-order valence-corrected chi connectivity index (χ2v) is 9.91. The summed E-state index contributed by atoms with van der Waals surface area (Å²) in [6, 6.07) is 6.83. The highest BCUT2D eigenvalue weighted by Gasteiger charge is 2.31. The highest BCUT2D eigenvalue weighted by Crippen LogP contribution is 2.26. The fraction of sp³-hybridized carbons (Fsp3) is 0.524. The normalized spacial score (nSPS) is 22.0. The third-order valence-electron chi connectivity index (χ3n) is 6.15. The number of carbonyl (C=O) groups is 1. The molecule has 0 N–H and O–H groups in total. The lowest BCUT2D eigenvalue weighted by molar-refractivity contribution is 0.0694. The summed E-state index contributed by atoms with van der Waals surface area (Å²) in [4.78, 5) is 19.1. The number of piperidine rings is 2. The molecular formula is C21H28N4O3S. The van der Waals surface area contributed by atoms with Gasteiger partial charge in [0.1, 0.15) is 0 Å². The number of amides is 1. The summed E-state index contributed by atoms with van der Waals surface area (Å²) < 4.78 is 29.6. The van der Waals surface area contributed by atoms with Crippen molar-refractivity contribution in [1.29, 1.82) is 0 Å². The SMILES string of the molecule is CC1CCCCN1S(=O)(=O)c1ccc(C(=O)N2CCC(n3ccnc3)CC2)cc1. The quantitative estimate of drug-likeness (QED) is 0.768. The van der Waals surface area contributed by atoms with Crippen molar-refractivity contribution in [1.82, 2.24) is 18.8 Å². The minimum absolute atomic E-state index is 0.0202. The molecule has 2 aliphatic rings. The van der Waals surface area contributed by atoms with Crippen LogP contribution in [0.3, 0.4) is 0 Å². The lowest BCUT2D eigenvalue weighted by atomic mass is 10.0. The van der Waals surface area contributed by atoms with Crippen molar-refractivity contribution in [3.63, 3.8) is 0 Å². The van der Waals surface area contributed by atoms with Crippen LogP contribution in [-0.2, 0) is 10.0 Å². The van der Waals surface area contributed by atoms with Gasteiger partial charge in [-0.25, -0.2) is 13.4 Å². The topological polar surface area (TPSA) is 75.5 Å². The third kappa shape index (κ3) is 4.09. The van der Waals surface area contributed by atoms with Gasteiger partial charge in [-0.2, -0.15) is 4.31 Å². The van der Waals surface area contributed by atoms with E-state index in [9.17, 15) is 13.2 Å². The summed E-state index contributed by atoms with van der Waals surface area (Å²) in [7, 11) is -3.51. The highest BCUT2D eigenvalue weighted by atomic mass is 32.2. The van der Waals surface area contributed by atoms with Crippen molar-refractivity contribution >= 4 is 15.9 Å². The van der Waals surface area contributed by atoms with Crippen LogP contribution in [-0.4, -0.2) is 58.8 Å². The molecule has 0 aliphatic carbocycles. The molecule has 7 nitrogen and oxygen atoms in total.